The van der Waals surface area contributed by atoms with Crippen LogP contribution in [-0.2, 0) is 0 Å². The number of nitrogens with zero attached hydrogens (tertiary/aromatic N) is 4. The molecular formula is C11H18F3N7. The van der Waals surface area contributed by atoms with Gasteiger partial charge in [0.15, 0.2) is 0 Å². The lowest BCUT2D eigenvalue weighted by Gasteiger charge is -2.23. The molecule has 4 N–H and O–H groups in total. The number of nitrogens with two attached hydrogens (primary N) is 1. The molecule has 1 heterocycles. The third-order valence-electron chi connectivity index (χ3n) is 3.44. The number of anilines is 3. The summed E-state index contributed by atoms with van der Waals surface area (Å²) in [5.74, 6) is 5.44. The molecule has 0 spiro atoms. The van der Waals surface area contributed by atoms with Gasteiger partial charge in [-0.25, -0.2) is 5.84 Å². The van der Waals surface area contributed by atoms with Gasteiger partial charge in [0.2, 0.25) is 17.8 Å². The predicted molar refractivity (Wildman–Crippen MR) is 72.8 cm³/mol. The Bertz CT molecular complexity index is 497. The van der Waals surface area contributed by atoms with Gasteiger partial charge in [-0.15, -0.1) is 0 Å². The molecule has 0 aliphatic heterocycles. The first kappa shape index (κ1) is 15.5. The fraction of sp³-hybridized carbons (Fsp3) is 0.727. The van der Waals surface area contributed by atoms with Gasteiger partial charge in [-0.05, 0) is 26.7 Å². The van der Waals surface area contributed by atoms with Gasteiger partial charge in [-0.1, -0.05) is 0 Å². The van der Waals surface area contributed by atoms with Crippen LogP contribution in [0.25, 0.3) is 0 Å². The Morgan fingerprint density at radius 2 is 1.71 bits per heavy atom. The zero-order valence-electron chi connectivity index (χ0n) is 11.8. The molecule has 2 rings (SSSR count). The average Bonchev–Trinajstić information content (AvgIpc) is 3.20. The number of hydrogen-bond acceptors (Lipinski definition) is 7. The lowest BCUT2D eigenvalue weighted by molar-refractivity contribution is -0.151. The molecule has 0 aromatic carbocycles. The van der Waals surface area contributed by atoms with E-state index < -0.39 is 11.7 Å². The van der Waals surface area contributed by atoms with Crippen molar-refractivity contribution in [1.82, 2.24) is 15.0 Å². The van der Waals surface area contributed by atoms with Crippen LogP contribution in [-0.4, -0.2) is 39.8 Å². The molecule has 0 amide bonds. The molecule has 0 bridgehead atoms. The fourth-order valence-electron chi connectivity index (χ4n) is 1.95. The monoisotopic (exact) mass is 305 g/mol. The Kier molecular flexibility index (Phi) is 4.08. The van der Waals surface area contributed by atoms with E-state index in [9.17, 15) is 13.2 Å². The van der Waals surface area contributed by atoms with Gasteiger partial charge in [0, 0.05) is 13.1 Å². The highest BCUT2D eigenvalue weighted by Gasteiger charge is 2.64. The minimum absolute atomic E-state index is 0.00811. The molecule has 10 heteroatoms. The number of alkyl halides is 3. The highest BCUT2D eigenvalue weighted by molar-refractivity contribution is 5.46. The van der Waals surface area contributed by atoms with Crippen molar-refractivity contribution in [1.29, 1.82) is 0 Å². The lowest BCUT2D eigenvalue weighted by Crippen LogP contribution is -2.39. The Balaban J connectivity index is 2.29. The molecule has 1 fully saturated rings. The van der Waals surface area contributed by atoms with Crippen LogP contribution in [0, 0.1) is 0 Å². The molecule has 118 valence electrons. The van der Waals surface area contributed by atoms with E-state index in [2.05, 4.69) is 25.7 Å². The van der Waals surface area contributed by atoms with E-state index in [1.807, 2.05) is 13.8 Å². The molecule has 1 aliphatic carbocycles. The number of hydrogen-bond donors (Lipinski definition) is 3. The minimum Gasteiger partial charge on any atom is -0.341 e. The predicted octanol–water partition coefficient (Wildman–Crippen LogP) is 1.51. The van der Waals surface area contributed by atoms with E-state index >= 15 is 0 Å². The summed E-state index contributed by atoms with van der Waals surface area (Å²) in [4.78, 5) is 13.7. The summed E-state index contributed by atoms with van der Waals surface area (Å²) in [5, 5.41) is 2.38. The molecule has 1 saturated carbocycles. The lowest BCUT2D eigenvalue weighted by atomic mass is 10.3. The van der Waals surface area contributed by atoms with Crippen molar-refractivity contribution in [2.45, 2.75) is 38.4 Å². The van der Waals surface area contributed by atoms with Gasteiger partial charge in [-0.2, -0.15) is 28.1 Å². The zero-order chi connectivity index (χ0) is 15.7. The number of hydrazine groups is 1. The molecule has 1 aromatic rings. The highest BCUT2D eigenvalue weighted by atomic mass is 19.4. The average molecular weight is 305 g/mol. The van der Waals surface area contributed by atoms with Gasteiger partial charge in [-0.3, -0.25) is 5.43 Å². The molecule has 0 atom stereocenters. The number of nitrogens with one attached hydrogen (secondary N) is 2. The smallest absolute Gasteiger partial charge is 0.341 e. The Hall–Kier alpha value is -1.84. The van der Waals surface area contributed by atoms with E-state index in [-0.39, 0.29) is 30.7 Å². The maximum Gasteiger partial charge on any atom is 0.411 e. The van der Waals surface area contributed by atoms with E-state index in [0.29, 0.717) is 13.1 Å². The SMILES string of the molecule is CCN(CC)c1nc(NN)nc(NC2(C(F)(F)F)CC2)n1. The first-order chi connectivity index (χ1) is 9.85. The number of halogens is 3. The maximum atomic E-state index is 13.0. The van der Waals surface area contributed by atoms with Crippen molar-refractivity contribution >= 4 is 17.8 Å². The molecule has 1 aliphatic rings. The van der Waals surface area contributed by atoms with Crippen LogP contribution in [0.1, 0.15) is 26.7 Å². The van der Waals surface area contributed by atoms with Crippen molar-refractivity contribution in [2.24, 2.45) is 5.84 Å². The number of aromatic nitrogens is 3. The van der Waals surface area contributed by atoms with Crippen molar-refractivity contribution in [3.05, 3.63) is 0 Å². The third-order valence-corrected chi connectivity index (χ3v) is 3.44. The summed E-state index contributed by atoms with van der Waals surface area (Å²) in [6.45, 7) is 5.03. The normalized spacial score (nSPS) is 16.5. The first-order valence-corrected chi connectivity index (χ1v) is 6.67. The van der Waals surface area contributed by atoms with E-state index in [1.54, 1.807) is 4.90 Å². The number of rotatable bonds is 6. The third kappa shape index (κ3) is 3.09. The van der Waals surface area contributed by atoms with Crippen LogP contribution in [0.3, 0.4) is 0 Å². The number of nitrogen functional groups attached to an aromatic ring is 1. The quantitative estimate of drug-likeness (QED) is 0.542. The van der Waals surface area contributed by atoms with E-state index in [0.717, 1.165) is 0 Å². The zero-order valence-corrected chi connectivity index (χ0v) is 11.8. The van der Waals surface area contributed by atoms with Gasteiger partial charge in [0.1, 0.15) is 5.54 Å². The van der Waals surface area contributed by atoms with E-state index in [4.69, 9.17) is 5.84 Å². The van der Waals surface area contributed by atoms with Crippen LogP contribution in [0.2, 0.25) is 0 Å². The van der Waals surface area contributed by atoms with Crippen molar-refractivity contribution < 1.29 is 13.2 Å². The Morgan fingerprint density at radius 3 is 2.14 bits per heavy atom. The maximum absolute atomic E-state index is 13.0. The van der Waals surface area contributed by atoms with Crippen LogP contribution in [0.5, 0.6) is 0 Å². The van der Waals surface area contributed by atoms with Crippen molar-refractivity contribution in [3.8, 4) is 0 Å². The second-order valence-electron chi connectivity index (χ2n) is 4.80. The molecule has 0 saturated heterocycles. The fourth-order valence-corrected chi connectivity index (χ4v) is 1.95. The molecular weight excluding hydrogens is 287 g/mol. The molecule has 7 nitrogen and oxygen atoms in total. The largest absolute Gasteiger partial charge is 0.411 e. The van der Waals surface area contributed by atoms with Gasteiger partial charge in [0.05, 0.1) is 0 Å². The molecule has 21 heavy (non-hydrogen) atoms. The van der Waals surface area contributed by atoms with Gasteiger partial charge >= 0.3 is 6.18 Å². The Labute approximate surface area is 120 Å². The molecule has 1 aromatic heterocycles. The topological polar surface area (TPSA) is 92.0 Å². The highest BCUT2D eigenvalue weighted by Crippen LogP contribution is 2.50. The van der Waals surface area contributed by atoms with Crippen molar-refractivity contribution in [2.75, 3.05) is 28.7 Å². The summed E-state index contributed by atoms with van der Waals surface area (Å²) in [6, 6.07) is 0. The van der Waals surface area contributed by atoms with Crippen LogP contribution >= 0.6 is 0 Å². The second-order valence-corrected chi connectivity index (χ2v) is 4.80. The summed E-state index contributed by atoms with van der Waals surface area (Å²) < 4.78 is 38.9. The van der Waals surface area contributed by atoms with Gasteiger partial charge < -0.3 is 10.2 Å². The standard InChI is InChI=1S/C11H18F3N7/c1-3-21(4-2)9-17-7(16-8(18-9)20-15)19-10(5-6-10)11(12,13)14/h3-6,15H2,1-2H3,(H2,16,17,18,19,20). The minimum atomic E-state index is -4.34. The molecule has 0 radical (unpaired) electrons. The van der Waals surface area contributed by atoms with Crippen molar-refractivity contribution in [3.63, 3.8) is 0 Å². The summed E-state index contributed by atoms with van der Waals surface area (Å²) in [5.41, 5.74) is 0.316. The van der Waals surface area contributed by atoms with E-state index in [1.165, 1.54) is 0 Å². The summed E-state index contributed by atoms with van der Waals surface area (Å²) in [7, 11) is 0. The summed E-state index contributed by atoms with van der Waals surface area (Å²) >= 11 is 0. The Morgan fingerprint density at radius 1 is 1.14 bits per heavy atom. The van der Waals surface area contributed by atoms with Gasteiger partial charge in [0.25, 0.3) is 0 Å². The van der Waals surface area contributed by atoms with Crippen LogP contribution in [0.4, 0.5) is 31.0 Å². The van der Waals surface area contributed by atoms with Crippen LogP contribution < -0.4 is 21.5 Å². The molecule has 0 unspecified atom stereocenters. The summed E-state index contributed by atoms with van der Waals surface area (Å²) in [6.07, 6.45) is -4.33. The van der Waals surface area contributed by atoms with Crippen LogP contribution in [0.15, 0.2) is 0 Å². The first-order valence-electron chi connectivity index (χ1n) is 6.67. The second kappa shape index (κ2) is 5.51.